The first-order valence-electron chi connectivity index (χ1n) is 7.97. The molecule has 1 saturated heterocycles. The van der Waals surface area contributed by atoms with Gasteiger partial charge in [-0.2, -0.15) is 5.10 Å². The molecule has 2 atom stereocenters. The molecule has 2 heterocycles. The van der Waals surface area contributed by atoms with Gasteiger partial charge in [0.2, 0.25) is 5.91 Å². The summed E-state index contributed by atoms with van der Waals surface area (Å²) in [5.41, 5.74) is 2.11. The molecule has 7 nitrogen and oxygen atoms in total. The number of ether oxygens (including phenoxy) is 1. The van der Waals surface area contributed by atoms with E-state index in [1.54, 1.807) is 16.5 Å². The van der Waals surface area contributed by atoms with Crippen molar-refractivity contribution in [3.8, 4) is 0 Å². The van der Waals surface area contributed by atoms with Gasteiger partial charge in [-0.05, 0) is 27.7 Å². The van der Waals surface area contributed by atoms with Crippen LogP contribution in [0.15, 0.2) is 0 Å². The molecule has 1 aromatic rings. The predicted octanol–water partition coefficient (Wildman–Crippen LogP) is 0.701. The van der Waals surface area contributed by atoms with E-state index in [4.69, 9.17) is 4.74 Å². The predicted molar refractivity (Wildman–Crippen MR) is 84.3 cm³/mol. The number of aliphatic hydroxyl groups is 1. The second-order valence-corrected chi connectivity index (χ2v) is 5.94. The molecule has 1 aliphatic rings. The number of hydrogen-bond donors (Lipinski definition) is 1. The summed E-state index contributed by atoms with van der Waals surface area (Å²) < 4.78 is 7.13. The summed E-state index contributed by atoms with van der Waals surface area (Å²) in [6.07, 6.45) is -0.649. The Balaban J connectivity index is 1.95. The minimum Gasteiger partial charge on any atom is -0.388 e. The van der Waals surface area contributed by atoms with Gasteiger partial charge in [0.05, 0.1) is 17.4 Å². The van der Waals surface area contributed by atoms with Gasteiger partial charge in [-0.15, -0.1) is 0 Å². The molecule has 0 spiro atoms. The molecule has 0 radical (unpaired) electrons. The van der Waals surface area contributed by atoms with Crippen LogP contribution in [0.4, 0.5) is 0 Å². The van der Waals surface area contributed by atoms with Crippen molar-refractivity contribution in [2.45, 2.75) is 52.9 Å². The molecule has 1 aromatic heterocycles. The maximum atomic E-state index is 12.3. The largest absolute Gasteiger partial charge is 0.388 e. The minimum absolute atomic E-state index is 0.0141. The standard InChI is InChI=1S/C16H25N3O4/c1-5-23-14-9-18(8-13(14)21)15(22)6-7-19-11(3)16(12(4)20)10(2)17-19/h13-14,21H,5-9H2,1-4H3/t13-,14-/m1/s1. The van der Waals surface area contributed by atoms with Crippen LogP contribution in [0.3, 0.4) is 0 Å². The summed E-state index contributed by atoms with van der Waals surface area (Å²) in [5, 5.41) is 14.2. The highest BCUT2D eigenvalue weighted by Crippen LogP contribution is 2.17. The summed E-state index contributed by atoms with van der Waals surface area (Å²) in [4.78, 5) is 25.5. The fourth-order valence-electron chi connectivity index (χ4n) is 3.12. The normalized spacial score (nSPS) is 21.0. The van der Waals surface area contributed by atoms with Crippen molar-refractivity contribution in [2.24, 2.45) is 0 Å². The number of β-amino-alcohol motifs (C(OH)–C–C–N with tert-alkyl or cyclic N) is 1. The first-order chi connectivity index (χ1) is 10.8. The Labute approximate surface area is 136 Å². The lowest BCUT2D eigenvalue weighted by Crippen LogP contribution is -2.31. The van der Waals surface area contributed by atoms with Crippen molar-refractivity contribution in [1.82, 2.24) is 14.7 Å². The Kier molecular flexibility index (Phi) is 5.54. The molecule has 1 aliphatic heterocycles. The smallest absolute Gasteiger partial charge is 0.224 e. The van der Waals surface area contributed by atoms with Crippen molar-refractivity contribution < 1.29 is 19.4 Å². The molecule has 128 valence electrons. The fraction of sp³-hybridized carbons (Fsp3) is 0.688. The lowest BCUT2D eigenvalue weighted by atomic mass is 10.1. The van der Waals surface area contributed by atoms with E-state index in [1.807, 2.05) is 13.8 Å². The quantitative estimate of drug-likeness (QED) is 0.779. The number of likely N-dealkylation sites (tertiary alicyclic amines) is 1. The van der Waals surface area contributed by atoms with E-state index in [0.717, 1.165) is 5.69 Å². The number of amides is 1. The van der Waals surface area contributed by atoms with Crippen molar-refractivity contribution in [3.05, 3.63) is 17.0 Å². The summed E-state index contributed by atoms with van der Waals surface area (Å²) in [6.45, 7) is 8.69. The third kappa shape index (κ3) is 3.79. The molecule has 0 saturated carbocycles. The lowest BCUT2D eigenvalue weighted by Gasteiger charge is -2.16. The zero-order valence-corrected chi connectivity index (χ0v) is 14.2. The number of aryl methyl sites for hydroxylation is 2. The van der Waals surface area contributed by atoms with E-state index in [9.17, 15) is 14.7 Å². The molecule has 1 fully saturated rings. The molecule has 1 N–H and O–H groups in total. The van der Waals surface area contributed by atoms with Gasteiger partial charge in [-0.3, -0.25) is 14.3 Å². The monoisotopic (exact) mass is 323 g/mol. The Morgan fingerprint density at radius 2 is 2.04 bits per heavy atom. The third-order valence-electron chi connectivity index (χ3n) is 4.24. The Morgan fingerprint density at radius 1 is 1.35 bits per heavy atom. The van der Waals surface area contributed by atoms with Crippen LogP contribution in [0.25, 0.3) is 0 Å². The molecule has 0 bridgehead atoms. The number of Topliss-reactive ketones (excluding diaryl/α,β-unsaturated/α-hetero) is 1. The van der Waals surface area contributed by atoms with Gasteiger partial charge in [-0.1, -0.05) is 0 Å². The number of ketones is 1. The highest BCUT2D eigenvalue weighted by molar-refractivity contribution is 5.96. The molecule has 23 heavy (non-hydrogen) atoms. The van der Waals surface area contributed by atoms with Crippen LogP contribution in [0.5, 0.6) is 0 Å². The van der Waals surface area contributed by atoms with Gasteiger partial charge < -0.3 is 14.7 Å². The van der Waals surface area contributed by atoms with Crippen LogP contribution >= 0.6 is 0 Å². The van der Waals surface area contributed by atoms with E-state index < -0.39 is 6.10 Å². The number of carbonyl (C=O) groups excluding carboxylic acids is 2. The van der Waals surface area contributed by atoms with Crippen molar-refractivity contribution in [2.75, 3.05) is 19.7 Å². The molecule has 7 heteroatoms. The molecule has 0 aliphatic carbocycles. The average molecular weight is 323 g/mol. The second kappa shape index (κ2) is 7.23. The Morgan fingerprint density at radius 3 is 2.61 bits per heavy atom. The summed E-state index contributed by atoms with van der Waals surface area (Å²) in [7, 11) is 0. The van der Waals surface area contributed by atoms with Gasteiger partial charge in [0.15, 0.2) is 5.78 Å². The van der Waals surface area contributed by atoms with Crippen LogP contribution in [-0.2, 0) is 16.1 Å². The van der Waals surface area contributed by atoms with E-state index in [2.05, 4.69) is 5.10 Å². The van der Waals surface area contributed by atoms with E-state index in [1.165, 1.54) is 6.92 Å². The molecule has 2 rings (SSSR count). The van der Waals surface area contributed by atoms with Crippen LogP contribution in [0.1, 0.15) is 42.0 Å². The first-order valence-corrected chi connectivity index (χ1v) is 7.97. The van der Waals surface area contributed by atoms with Gasteiger partial charge in [0.1, 0.15) is 6.10 Å². The summed E-state index contributed by atoms with van der Waals surface area (Å²) in [5.74, 6) is -0.0528. The molecule has 1 amide bonds. The molecular weight excluding hydrogens is 298 g/mol. The number of rotatable bonds is 6. The van der Waals surface area contributed by atoms with Crippen molar-refractivity contribution in [1.29, 1.82) is 0 Å². The molecular formula is C16H25N3O4. The van der Waals surface area contributed by atoms with Gasteiger partial charge in [0, 0.05) is 38.4 Å². The van der Waals surface area contributed by atoms with Gasteiger partial charge in [0.25, 0.3) is 0 Å². The Bertz CT molecular complexity index is 596. The lowest BCUT2D eigenvalue weighted by molar-refractivity contribution is -0.131. The van der Waals surface area contributed by atoms with Crippen LogP contribution in [0, 0.1) is 13.8 Å². The average Bonchev–Trinajstić information content (AvgIpc) is 2.97. The number of nitrogens with zero attached hydrogens (tertiary/aromatic N) is 3. The first kappa shape index (κ1) is 17.6. The van der Waals surface area contributed by atoms with Crippen LogP contribution < -0.4 is 0 Å². The van der Waals surface area contributed by atoms with E-state index in [0.29, 0.717) is 37.5 Å². The number of aliphatic hydroxyl groups excluding tert-OH is 1. The SMILES string of the molecule is CCO[C@@H]1CN(C(=O)CCn2nc(C)c(C(C)=O)c2C)C[C@H]1O. The van der Waals surface area contributed by atoms with Gasteiger partial charge >= 0.3 is 0 Å². The fourth-order valence-corrected chi connectivity index (χ4v) is 3.12. The zero-order valence-electron chi connectivity index (χ0n) is 14.2. The molecule has 0 aromatic carbocycles. The van der Waals surface area contributed by atoms with Crippen molar-refractivity contribution in [3.63, 3.8) is 0 Å². The number of aromatic nitrogens is 2. The van der Waals surface area contributed by atoms with E-state index >= 15 is 0 Å². The Hall–Kier alpha value is -1.73. The highest BCUT2D eigenvalue weighted by atomic mass is 16.5. The maximum absolute atomic E-state index is 12.3. The van der Waals surface area contributed by atoms with Crippen molar-refractivity contribution >= 4 is 11.7 Å². The second-order valence-electron chi connectivity index (χ2n) is 5.94. The van der Waals surface area contributed by atoms with Crippen LogP contribution in [-0.4, -0.2) is 63.4 Å². The summed E-state index contributed by atoms with van der Waals surface area (Å²) >= 11 is 0. The van der Waals surface area contributed by atoms with Gasteiger partial charge in [-0.25, -0.2) is 0 Å². The topological polar surface area (TPSA) is 84.7 Å². The zero-order chi connectivity index (χ0) is 17.1. The highest BCUT2D eigenvalue weighted by Gasteiger charge is 2.34. The van der Waals surface area contributed by atoms with E-state index in [-0.39, 0.29) is 24.2 Å². The number of carbonyl (C=O) groups is 2. The summed E-state index contributed by atoms with van der Waals surface area (Å²) in [6, 6.07) is 0. The number of hydrogen-bond acceptors (Lipinski definition) is 5. The maximum Gasteiger partial charge on any atom is 0.224 e. The van der Waals surface area contributed by atoms with Crippen LogP contribution in [0.2, 0.25) is 0 Å². The third-order valence-corrected chi connectivity index (χ3v) is 4.24. The minimum atomic E-state index is -0.628. The molecule has 0 unspecified atom stereocenters.